The first-order valence-corrected chi connectivity index (χ1v) is 7.65. The third kappa shape index (κ3) is 2.00. The lowest BCUT2D eigenvalue weighted by Gasteiger charge is -2.60. The first-order chi connectivity index (χ1) is 8.64. The summed E-state index contributed by atoms with van der Waals surface area (Å²) in [5.74, 6) is 0.934. The van der Waals surface area contributed by atoms with Crippen LogP contribution in [0.3, 0.4) is 0 Å². The first-order valence-electron chi connectivity index (χ1n) is 7.65. The molecule has 18 heavy (non-hydrogen) atoms. The average molecular weight is 252 g/mol. The Hall–Kier alpha value is -0.120. The summed E-state index contributed by atoms with van der Waals surface area (Å²) in [6.45, 7) is 13.0. The van der Waals surface area contributed by atoms with Gasteiger partial charge in [0.15, 0.2) is 0 Å². The fourth-order valence-electron chi connectivity index (χ4n) is 4.05. The van der Waals surface area contributed by atoms with E-state index in [4.69, 9.17) is 4.74 Å². The Morgan fingerprint density at radius 3 is 2.33 bits per heavy atom. The van der Waals surface area contributed by atoms with Crippen LogP contribution in [0.1, 0.15) is 33.1 Å². The molecule has 0 radical (unpaired) electrons. The Morgan fingerprint density at radius 2 is 1.89 bits per heavy atom. The highest BCUT2D eigenvalue weighted by Gasteiger charge is 2.56. The second-order valence-electron chi connectivity index (χ2n) is 7.19. The molecule has 0 aromatic rings. The van der Waals surface area contributed by atoms with E-state index in [9.17, 15) is 0 Å². The van der Waals surface area contributed by atoms with Crippen molar-refractivity contribution in [2.75, 3.05) is 45.9 Å². The van der Waals surface area contributed by atoms with Crippen molar-refractivity contribution in [1.82, 2.24) is 10.2 Å². The number of nitrogens with zero attached hydrogens (tertiary/aromatic N) is 1. The van der Waals surface area contributed by atoms with E-state index in [2.05, 4.69) is 24.1 Å². The SMILES string of the molecule is CC(C)(CN1CCNCC1)C1(C2CCC2)COC1. The summed E-state index contributed by atoms with van der Waals surface area (Å²) < 4.78 is 5.64. The highest BCUT2D eigenvalue weighted by molar-refractivity contribution is 5.05. The maximum absolute atomic E-state index is 5.64. The largest absolute Gasteiger partial charge is 0.380 e. The predicted molar refractivity (Wildman–Crippen MR) is 73.7 cm³/mol. The van der Waals surface area contributed by atoms with Crippen molar-refractivity contribution in [1.29, 1.82) is 0 Å². The zero-order valence-corrected chi connectivity index (χ0v) is 12.0. The van der Waals surface area contributed by atoms with Gasteiger partial charge in [-0.15, -0.1) is 0 Å². The minimum absolute atomic E-state index is 0.397. The van der Waals surface area contributed by atoms with E-state index < -0.39 is 0 Å². The molecule has 3 heteroatoms. The first kappa shape index (κ1) is 12.9. The molecule has 1 saturated carbocycles. The van der Waals surface area contributed by atoms with Crippen molar-refractivity contribution in [3.8, 4) is 0 Å². The van der Waals surface area contributed by atoms with Crippen LogP contribution in [0.5, 0.6) is 0 Å². The van der Waals surface area contributed by atoms with E-state index in [1.54, 1.807) is 0 Å². The molecule has 3 rings (SSSR count). The minimum Gasteiger partial charge on any atom is -0.380 e. The molecule has 1 N–H and O–H groups in total. The van der Waals surface area contributed by atoms with Gasteiger partial charge in [0.25, 0.3) is 0 Å². The number of rotatable bonds is 4. The van der Waals surface area contributed by atoms with Crippen LogP contribution < -0.4 is 5.32 Å². The second-order valence-corrected chi connectivity index (χ2v) is 7.19. The summed E-state index contributed by atoms with van der Waals surface area (Å²) in [5, 5.41) is 3.45. The fraction of sp³-hybridized carbons (Fsp3) is 1.00. The minimum atomic E-state index is 0.397. The molecule has 0 aromatic heterocycles. The third-order valence-corrected chi connectivity index (χ3v) is 5.78. The Balaban J connectivity index is 1.67. The third-order valence-electron chi connectivity index (χ3n) is 5.78. The van der Waals surface area contributed by atoms with Crippen LogP contribution in [-0.2, 0) is 4.74 Å². The van der Waals surface area contributed by atoms with Gasteiger partial charge in [-0.05, 0) is 24.2 Å². The second kappa shape index (κ2) is 4.77. The normalized spacial score (nSPS) is 29.7. The summed E-state index contributed by atoms with van der Waals surface area (Å²) in [5.41, 5.74) is 0.879. The van der Waals surface area contributed by atoms with Gasteiger partial charge >= 0.3 is 0 Å². The van der Waals surface area contributed by atoms with Gasteiger partial charge in [-0.2, -0.15) is 0 Å². The molecule has 3 nitrogen and oxygen atoms in total. The van der Waals surface area contributed by atoms with E-state index in [1.807, 2.05) is 0 Å². The van der Waals surface area contributed by atoms with E-state index in [1.165, 1.54) is 38.9 Å². The number of hydrogen-bond donors (Lipinski definition) is 1. The van der Waals surface area contributed by atoms with Crippen molar-refractivity contribution in [3.63, 3.8) is 0 Å². The molecular weight excluding hydrogens is 224 g/mol. The quantitative estimate of drug-likeness (QED) is 0.825. The summed E-state index contributed by atoms with van der Waals surface area (Å²) in [6.07, 6.45) is 4.32. The maximum Gasteiger partial charge on any atom is 0.0553 e. The summed E-state index contributed by atoms with van der Waals surface area (Å²) in [7, 11) is 0. The maximum atomic E-state index is 5.64. The van der Waals surface area contributed by atoms with Gasteiger partial charge < -0.3 is 15.0 Å². The van der Waals surface area contributed by atoms with Gasteiger partial charge in [-0.1, -0.05) is 20.3 Å². The van der Waals surface area contributed by atoms with Gasteiger partial charge in [0, 0.05) is 38.1 Å². The van der Waals surface area contributed by atoms with Crippen LogP contribution >= 0.6 is 0 Å². The molecule has 2 heterocycles. The zero-order valence-electron chi connectivity index (χ0n) is 12.0. The van der Waals surface area contributed by atoms with E-state index >= 15 is 0 Å². The van der Waals surface area contributed by atoms with Crippen LogP contribution in [-0.4, -0.2) is 50.8 Å². The molecule has 3 fully saturated rings. The lowest BCUT2D eigenvalue weighted by atomic mass is 9.52. The van der Waals surface area contributed by atoms with Gasteiger partial charge in [-0.25, -0.2) is 0 Å². The molecule has 0 aromatic carbocycles. The van der Waals surface area contributed by atoms with Crippen LogP contribution in [0.25, 0.3) is 0 Å². The van der Waals surface area contributed by atoms with Gasteiger partial charge in [0.2, 0.25) is 0 Å². The molecular formula is C15H28N2O. The number of piperazine rings is 1. The summed E-state index contributed by atoms with van der Waals surface area (Å²) in [6, 6.07) is 0. The lowest BCUT2D eigenvalue weighted by molar-refractivity contribution is -0.225. The van der Waals surface area contributed by atoms with E-state index in [0.717, 1.165) is 32.2 Å². The topological polar surface area (TPSA) is 24.5 Å². The van der Waals surface area contributed by atoms with E-state index in [0.29, 0.717) is 10.8 Å². The smallest absolute Gasteiger partial charge is 0.0553 e. The highest BCUT2D eigenvalue weighted by atomic mass is 16.5. The Labute approximate surface area is 111 Å². The summed E-state index contributed by atoms with van der Waals surface area (Å²) in [4.78, 5) is 2.65. The standard InChI is InChI=1S/C15H28N2O/c1-14(2,10-17-8-6-16-7-9-17)15(11-18-12-15)13-4-3-5-13/h13,16H,3-12H2,1-2H3. The monoisotopic (exact) mass is 252 g/mol. The van der Waals surface area contributed by atoms with E-state index in [-0.39, 0.29) is 0 Å². The fourth-order valence-corrected chi connectivity index (χ4v) is 4.05. The average Bonchev–Trinajstić information content (AvgIpc) is 2.20. The molecule has 0 amide bonds. The summed E-state index contributed by atoms with van der Waals surface area (Å²) >= 11 is 0. The molecule has 2 aliphatic heterocycles. The van der Waals surface area contributed by atoms with Crippen molar-refractivity contribution in [2.24, 2.45) is 16.7 Å². The molecule has 0 spiro atoms. The van der Waals surface area contributed by atoms with Crippen LogP contribution in [0.4, 0.5) is 0 Å². The molecule has 2 saturated heterocycles. The van der Waals surface area contributed by atoms with Crippen LogP contribution in [0.15, 0.2) is 0 Å². The van der Waals surface area contributed by atoms with Gasteiger partial charge in [0.05, 0.1) is 13.2 Å². The number of nitrogens with one attached hydrogen (secondary N) is 1. The Bertz CT molecular complexity index is 289. The highest BCUT2D eigenvalue weighted by Crippen LogP contribution is 2.56. The molecule has 0 atom stereocenters. The molecule has 0 bridgehead atoms. The Kier molecular flexibility index (Phi) is 3.41. The molecule has 0 unspecified atom stereocenters. The molecule has 3 aliphatic rings. The van der Waals surface area contributed by atoms with Crippen molar-refractivity contribution >= 4 is 0 Å². The van der Waals surface area contributed by atoms with Gasteiger partial charge in [0.1, 0.15) is 0 Å². The molecule has 104 valence electrons. The molecule has 1 aliphatic carbocycles. The predicted octanol–water partition coefficient (Wildman–Crippen LogP) is 1.73. The zero-order chi connectivity index (χ0) is 12.6. The van der Waals surface area contributed by atoms with Crippen LogP contribution in [0, 0.1) is 16.7 Å². The van der Waals surface area contributed by atoms with Crippen LogP contribution in [0.2, 0.25) is 0 Å². The van der Waals surface area contributed by atoms with Crippen molar-refractivity contribution in [3.05, 3.63) is 0 Å². The van der Waals surface area contributed by atoms with Gasteiger partial charge in [-0.3, -0.25) is 0 Å². The number of ether oxygens (including phenoxy) is 1. The lowest BCUT2D eigenvalue weighted by Crippen LogP contribution is -2.62. The van der Waals surface area contributed by atoms with Crippen molar-refractivity contribution < 1.29 is 4.74 Å². The van der Waals surface area contributed by atoms with Crippen molar-refractivity contribution in [2.45, 2.75) is 33.1 Å². The Morgan fingerprint density at radius 1 is 1.22 bits per heavy atom. The number of hydrogen-bond acceptors (Lipinski definition) is 3.